The normalized spacial score (nSPS) is 16.5. The third-order valence-electron chi connectivity index (χ3n) is 6.98. The summed E-state index contributed by atoms with van der Waals surface area (Å²) in [6, 6.07) is 15.0. The molecule has 2 aliphatic carbocycles. The number of ether oxygens (including phenoxy) is 1. The average Bonchev–Trinajstić information content (AvgIpc) is 3.10. The predicted octanol–water partition coefficient (Wildman–Crippen LogP) is 4.45. The molecule has 2 aliphatic rings. The quantitative estimate of drug-likeness (QED) is 0.482. The van der Waals surface area contributed by atoms with Crippen molar-refractivity contribution < 1.29 is 24.2 Å². The van der Waals surface area contributed by atoms with Gasteiger partial charge in [0.05, 0.1) is 0 Å². The maximum absolute atomic E-state index is 12.7. The molecule has 4 rings (SSSR count). The molecule has 0 heterocycles. The molecule has 0 aliphatic heterocycles. The molecule has 7 heteroatoms. The van der Waals surface area contributed by atoms with E-state index in [1.807, 2.05) is 31.2 Å². The van der Waals surface area contributed by atoms with E-state index >= 15 is 0 Å². The predicted molar refractivity (Wildman–Crippen MR) is 128 cm³/mol. The maximum Gasteiger partial charge on any atom is 0.407 e. The maximum atomic E-state index is 12.7. The molecule has 2 atom stereocenters. The standard InChI is InChI=1S/C27H32N2O5/c1-2-8-23(26(31)32)28-25(30)15-24(17-9-7-10-17)29-27(33)34-16-22-20-13-5-3-11-18(20)19-12-4-6-14-21(19)22/h3-6,11-14,17,22-24H,2,7-10,15-16H2,1H3,(H,28,30)(H,29,33)(H,31,32). The van der Waals surface area contributed by atoms with E-state index in [4.69, 9.17) is 4.74 Å². The number of carbonyl (C=O) groups excluding carboxylic acids is 2. The second-order valence-electron chi connectivity index (χ2n) is 9.22. The minimum atomic E-state index is -1.04. The summed E-state index contributed by atoms with van der Waals surface area (Å²) < 4.78 is 5.65. The van der Waals surface area contributed by atoms with Crippen molar-refractivity contribution in [1.82, 2.24) is 10.6 Å². The number of hydrogen-bond acceptors (Lipinski definition) is 4. The van der Waals surface area contributed by atoms with Crippen molar-refractivity contribution >= 4 is 18.0 Å². The van der Waals surface area contributed by atoms with Crippen molar-refractivity contribution in [2.75, 3.05) is 6.61 Å². The number of benzene rings is 2. The molecule has 0 bridgehead atoms. The van der Waals surface area contributed by atoms with Gasteiger partial charge >= 0.3 is 12.1 Å². The van der Waals surface area contributed by atoms with E-state index in [0.717, 1.165) is 41.5 Å². The molecule has 7 nitrogen and oxygen atoms in total. The molecule has 0 aromatic heterocycles. The first-order valence-electron chi connectivity index (χ1n) is 12.1. The highest BCUT2D eigenvalue weighted by atomic mass is 16.5. The van der Waals surface area contributed by atoms with Crippen molar-refractivity contribution in [3.05, 3.63) is 59.7 Å². The lowest BCUT2D eigenvalue weighted by Crippen LogP contribution is -2.48. The van der Waals surface area contributed by atoms with Crippen LogP contribution in [-0.4, -0.2) is 41.8 Å². The largest absolute Gasteiger partial charge is 0.480 e. The van der Waals surface area contributed by atoms with E-state index in [2.05, 4.69) is 34.9 Å². The van der Waals surface area contributed by atoms with Crippen LogP contribution < -0.4 is 10.6 Å². The Labute approximate surface area is 199 Å². The van der Waals surface area contributed by atoms with Crippen LogP contribution in [0.5, 0.6) is 0 Å². The van der Waals surface area contributed by atoms with E-state index in [1.165, 1.54) is 0 Å². The van der Waals surface area contributed by atoms with Gasteiger partial charge < -0.3 is 20.5 Å². The molecule has 2 amide bonds. The fourth-order valence-corrected chi connectivity index (χ4v) is 4.97. The zero-order chi connectivity index (χ0) is 24.1. The Morgan fingerprint density at radius 3 is 2.15 bits per heavy atom. The number of carboxylic acid groups (broad SMARTS) is 1. The lowest BCUT2D eigenvalue weighted by Gasteiger charge is -2.34. The minimum absolute atomic E-state index is 0.0334. The monoisotopic (exact) mass is 464 g/mol. The summed E-state index contributed by atoms with van der Waals surface area (Å²) in [5.74, 6) is -1.24. The zero-order valence-corrected chi connectivity index (χ0v) is 19.5. The second kappa shape index (κ2) is 10.7. The molecule has 1 saturated carbocycles. The summed E-state index contributed by atoms with van der Waals surface area (Å²) in [5, 5.41) is 14.8. The van der Waals surface area contributed by atoms with Crippen LogP contribution in [0.4, 0.5) is 4.79 Å². The van der Waals surface area contributed by atoms with E-state index in [9.17, 15) is 19.5 Å². The summed E-state index contributed by atoms with van der Waals surface area (Å²) in [4.78, 5) is 36.6. The summed E-state index contributed by atoms with van der Waals surface area (Å²) in [7, 11) is 0. The molecule has 34 heavy (non-hydrogen) atoms. The number of amides is 2. The highest BCUT2D eigenvalue weighted by molar-refractivity contribution is 5.84. The SMILES string of the molecule is CCCC(NC(=O)CC(NC(=O)OCC1c2ccccc2-c2ccccc21)C1CCC1)C(=O)O. The van der Waals surface area contributed by atoms with Crippen LogP contribution in [-0.2, 0) is 14.3 Å². The van der Waals surface area contributed by atoms with E-state index in [0.29, 0.717) is 12.8 Å². The third-order valence-corrected chi connectivity index (χ3v) is 6.98. The smallest absolute Gasteiger partial charge is 0.407 e. The minimum Gasteiger partial charge on any atom is -0.480 e. The van der Waals surface area contributed by atoms with Crippen molar-refractivity contribution in [3.8, 4) is 11.1 Å². The Balaban J connectivity index is 1.37. The van der Waals surface area contributed by atoms with Crippen molar-refractivity contribution in [1.29, 1.82) is 0 Å². The molecule has 3 N–H and O–H groups in total. The molecule has 0 radical (unpaired) electrons. The van der Waals surface area contributed by atoms with Gasteiger partial charge in [-0.3, -0.25) is 4.79 Å². The van der Waals surface area contributed by atoms with Gasteiger partial charge in [-0.2, -0.15) is 0 Å². The van der Waals surface area contributed by atoms with Gasteiger partial charge in [0.1, 0.15) is 12.6 Å². The highest BCUT2D eigenvalue weighted by Gasteiger charge is 2.33. The van der Waals surface area contributed by atoms with Crippen LogP contribution in [0.15, 0.2) is 48.5 Å². The topological polar surface area (TPSA) is 105 Å². The van der Waals surface area contributed by atoms with Crippen molar-refractivity contribution in [2.24, 2.45) is 5.92 Å². The Hall–Kier alpha value is -3.35. The highest BCUT2D eigenvalue weighted by Crippen LogP contribution is 2.44. The Morgan fingerprint density at radius 1 is 1.00 bits per heavy atom. The Bertz CT molecular complexity index is 1000. The summed E-state index contributed by atoms with van der Waals surface area (Å²) in [6.45, 7) is 2.08. The first kappa shape index (κ1) is 23.8. The van der Waals surface area contributed by atoms with Crippen LogP contribution in [0.1, 0.15) is 62.5 Å². The summed E-state index contributed by atoms with van der Waals surface area (Å²) in [5.41, 5.74) is 4.61. The molecule has 2 unspecified atom stereocenters. The molecular weight excluding hydrogens is 432 g/mol. The second-order valence-corrected chi connectivity index (χ2v) is 9.22. The lowest BCUT2D eigenvalue weighted by molar-refractivity contribution is -0.142. The van der Waals surface area contributed by atoms with Crippen LogP contribution in [0.25, 0.3) is 11.1 Å². The molecule has 2 aromatic carbocycles. The van der Waals surface area contributed by atoms with Crippen LogP contribution in [0.3, 0.4) is 0 Å². The zero-order valence-electron chi connectivity index (χ0n) is 19.5. The third kappa shape index (κ3) is 5.24. The fourth-order valence-electron chi connectivity index (χ4n) is 4.97. The summed E-state index contributed by atoms with van der Waals surface area (Å²) in [6.07, 6.45) is 3.44. The van der Waals surface area contributed by atoms with Gasteiger partial charge in [0.15, 0.2) is 0 Å². The van der Waals surface area contributed by atoms with Crippen LogP contribution in [0, 0.1) is 5.92 Å². The summed E-state index contributed by atoms with van der Waals surface area (Å²) >= 11 is 0. The van der Waals surface area contributed by atoms with E-state index in [1.54, 1.807) is 0 Å². The van der Waals surface area contributed by atoms with Gasteiger partial charge in [-0.25, -0.2) is 9.59 Å². The Morgan fingerprint density at radius 2 is 1.62 bits per heavy atom. The molecule has 2 aromatic rings. The number of rotatable bonds is 10. The number of nitrogens with one attached hydrogen (secondary N) is 2. The van der Waals surface area contributed by atoms with Crippen LogP contribution >= 0.6 is 0 Å². The number of carbonyl (C=O) groups is 3. The van der Waals surface area contributed by atoms with Gasteiger partial charge in [-0.1, -0.05) is 68.3 Å². The first-order valence-corrected chi connectivity index (χ1v) is 12.1. The molecular formula is C27H32N2O5. The van der Waals surface area contributed by atoms with Gasteiger partial charge in [-0.05, 0) is 47.4 Å². The molecule has 0 spiro atoms. The van der Waals surface area contributed by atoms with Crippen LogP contribution in [0.2, 0.25) is 0 Å². The van der Waals surface area contributed by atoms with Gasteiger partial charge in [0.2, 0.25) is 5.91 Å². The number of hydrogen-bond donors (Lipinski definition) is 3. The number of carboxylic acids is 1. The number of alkyl carbamates (subject to hydrolysis) is 1. The number of aliphatic carboxylic acids is 1. The average molecular weight is 465 g/mol. The molecule has 1 fully saturated rings. The van der Waals surface area contributed by atoms with Crippen molar-refractivity contribution in [3.63, 3.8) is 0 Å². The van der Waals surface area contributed by atoms with Gasteiger partial charge in [0, 0.05) is 18.4 Å². The van der Waals surface area contributed by atoms with E-state index in [-0.39, 0.29) is 36.8 Å². The number of fused-ring (bicyclic) bond motifs is 3. The first-order chi connectivity index (χ1) is 16.5. The van der Waals surface area contributed by atoms with Crippen molar-refractivity contribution in [2.45, 2.75) is 63.5 Å². The fraction of sp³-hybridized carbons (Fsp3) is 0.444. The molecule has 0 saturated heterocycles. The van der Waals surface area contributed by atoms with Gasteiger partial charge in [-0.15, -0.1) is 0 Å². The van der Waals surface area contributed by atoms with E-state index < -0.39 is 18.1 Å². The Kier molecular flexibility index (Phi) is 7.50. The lowest BCUT2D eigenvalue weighted by atomic mass is 9.78. The van der Waals surface area contributed by atoms with Gasteiger partial charge in [0.25, 0.3) is 0 Å². The molecule has 180 valence electrons.